The monoisotopic (exact) mass is 258 g/mol. The van der Waals surface area contributed by atoms with Gasteiger partial charge in [0.2, 0.25) is 0 Å². The van der Waals surface area contributed by atoms with Crippen molar-refractivity contribution < 1.29 is 4.79 Å². The summed E-state index contributed by atoms with van der Waals surface area (Å²) in [7, 11) is 1.57. The van der Waals surface area contributed by atoms with E-state index >= 15 is 0 Å². The number of nitrogens with zero attached hydrogens (tertiary/aromatic N) is 4. The molecule has 7 heteroatoms. The minimum Gasteiger partial charge on any atom is -0.341 e. The molecule has 0 fully saturated rings. The summed E-state index contributed by atoms with van der Waals surface area (Å²) in [5, 5.41) is 9.51. The van der Waals surface area contributed by atoms with Crippen LogP contribution >= 0.6 is 0 Å². The van der Waals surface area contributed by atoms with Gasteiger partial charge in [0.25, 0.3) is 0 Å². The van der Waals surface area contributed by atoms with Gasteiger partial charge in [-0.2, -0.15) is 5.10 Å². The number of hydrogen-bond donors (Lipinski definition) is 2. The lowest BCUT2D eigenvalue weighted by Gasteiger charge is -2.16. The van der Waals surface area contributed by atoms with E-state index in [2.05, 4.69) is 25.6 Å². The predicted octanol–water partition coefficient (Wildman–Crippen LogP) is 1.18. The Morgan fingerprint density at radius 1 is 1.32 bits per heavy atom. The largest absolute Gasteiger partial charge is 0.341 e. The molecule has 3 heterocycles. The van der Waals surface area contributed by atoms with Gasteiger partial charge in [0, 0.05) is 37.7 Å². The highest BCUT2D eigenvalue weighted by atomic mass is 16.2. The number of fused-ring (bicyclic) bond motifs is 1. The van der Waals surface area contributed by atoms with Crippen molar-refractivity contribution >= 4 is 23.4 Å². The molecule has 0 aromatic carbocycles. The molecule has 2 amide bonds. The lowest BCUT2D eigenvalue weighted by molar-refractivity contribution is 0.254. The molecule has 2 aromatic heterocycles. The van der Waals surface area contributed by atoms with E-state index in [4.69, 9.17) is 0 Å². The molecule has 0 saturated heterocycles. The normalized spacial score (nSPS) is 13.2. The van der Waals surface area contributed by atoms with E-state index in [1.165, 1.54) is 0 Å². The van der Waals surface area contributed by atoms with Crippen LogP contribution in [0.25, 0.3) is 0 Å². The van der Waals surface area contributed by atoms with Crippen molar-refractivity contribution in [2.24, 2.45) is 0 Å². The summed E-state index contributed by atoms with van der Waals surface area (Å²) in [4.78, 5) is 17.4. The van der Waals surface area contributed by atoms with Crippen molar-refractivity contribution in [3.63, 3.8) is 0 Å². The molecule has 1 aliphatic rings. The van der Waals surface area contributed by atoms with Crippen molar-refractivity contribution in [2.45, 2.75) is 6.54 Å². The van der Waals surface area contributed by atoms with Crippen LogP contribution in [0.1, 0.15) is 0 Å². The van der Waals surface area contributed by atoms with Crippen LogP contribution in [0.2, 0.25) is 0 Å². The van der Waals surface area contributed by atoms with E-state index in [0.717, 1.165) is 24.6 Å². The molecule has 98 valence electrons. The fourth-order valence-corrected chi connectivity index (χ4v) is 2.12. The van der Waals surface area contributed by atoms with Crippen LogP contribution < -0.4 is 15.5 Å². The molecule has 0 atom stereocenters. The van der Waals surface area contributed by atoms with Crippen LogP contribution in [0.4, 0.5) is 22.1 Å². The van der Waals surface area contributed by atoms with Gasteiger partial charge in [-0.15, -0.1) is 0 Å². The smallest absolute Gasteiger partial charge is 0.320 e. The van der Waals surface area contributed by atoms with E-state index in [1.807, 2.05) is 22.9 Å². The summed E-state index contributed by atoms with van der Waals surface area (Å²) < 4.78 is 1.88. The molecule has 3 rings (SSSR count). The first kappa shape index (κ1) is 11.5. The summed E-state index contributed by atoms with van der Waals surface area (Å²) >= 11 is 0. The number of pyridine rings is 1. The second kappa shape index (κ2) is 4.60. The van der Waals surface area contributed by atoms with Gasteiger partial charge in [-0.05, 0) is 12.1 Å². The van der Waals surface area contributed by atoms with Crippen molar-refractivity contribution in [2.75, 3.05) is 23.8 Å². The number of nitrogens with one attached hydrogen (secondary N) is 2. The number of carbonyl (C=O) groups excluding carboxylic acids is 1. The van der Waals surface area contributed by atoms with Crippen LogP contribution in [0.15, 0.2) is 30.6 Å². The zero-order chi connectivity index (χ0) is 13.2. The Balaban J connectivity index is 1.86. The quantitative estimate of drug-likeness (QED) is 0.848. The van der Waals surface area contributed by atoms with Crippen LogP contribution in [0, 0.1) is 0 Å². The molecular formula is C12H14N6O. The lowest BCUT2D eigenvalue weighted by atomic mass is 10.3. The Bertz CT molecular complexity index is 594. The fourth-order valence-electron chi connectivity index (χ4n) is 2.12. The zero-order valence-electron chi connectivity index (χ0n) is 10.5. The van der Waals surface area contributed by atoms with Crippen molar-refractivity contribution in [3.8, 4) is 0 Å². The standard InChI is InChI=1S/C12H14N6O/c1-13-12(19)15-10-8-11-17(6-7-18(11)16-10)9-2-4-14-5-3-9/h2-5,8H,6-7H2,1H3,(H2,13,15,16,19). The van der Waals surface area contributed by atoms with E-state index in [1.54, 1.807) is 19.4 Å². The van der Waals surface area contributed by atoms with Gasteiger partial charge < -0.3 is 10.2 Å². The number of aromatic nitrogens is 3. The third-order valence-corrected chi connectivity index (χ3v) is 3.01. The van der Waals surface area contributed by atoms with Crippen molar-refractivity contribution in [1.29, 1.82) is 0 Å². The van der Waals surface area contributed by atoms with Gasteiger partial charge in [-0.1, -0.05) is 0 Å². The molecule has 0 aliphatic carbocycles. The van der Waals surface area contributed by atoms with E-state index in [-0.39, 0.29) is 6.03 Å². The summed E-state index contributed by atoms with van der Waals surface area (Å²) in [6.07, 6.45) is 3.52. The van der Waals surface area contributed by atoms with Gasteiger partial charge in [0.15, 0.2) is 5.82 Å². The van der Waals surface area contributed by atoms with E-state index in [0.29, 0.717) is 5.82 Å². The Kier molecular flexibility index (Phi) is 2.79. The van der Waals surface area contributed by atoms with E-state index < -0.39 is 0 Å². The molecule has 0 unspecified atom stereocenters. The highest BCUT2D eigenvalue weighted by molar-refractivity contribution is 5.88. The highest BCUT2D eigenvalue weighted by Crippen LogP contribution is 2.31. The number of rotatable bonds is 2. The average Bonchev–Trinajstić information content (AvgIpc) is 2.99. The van der Waals surface area contributed by atoms with E-state index in [9.17, 15) is 4.79 Å². The molecule has 19 heavy (non-hydrogen) atoms. The first-order valence-corrected chi connectivity index (χ1v) is 6.02. The SMILES string of the molecule is CNC(=O)Nc1cc2n(n1)CCN2c1ccncc1. The Morgan fingerprint density at radius 3 is 2.84 bits per heavy atom. The van der Waals surface area contributed by atoms with Gasteiger partial charge in [0.1, 0.15) is 5.82 Å². The highest BCUT2D eigenvalue weighted by Gasteiger charge is 2.23. The number of anilines is 3. The molecule has 0 bridgehead atoms. The van der Waals surface area contributed by atoms with Crippen LogP contribution in [-0.2, 0) is 6.54 Å². The third-order valence-electron chi connectivity index (χ3n) is 3.01. The van der Waals surface area contributed by atoms with Crippen molar-refractivity contribution in [3.05, 3.63) is 30.6 Å². The maximum absolute atomic E-state index is 11.3. The van der Waals surface area contributed by atoms with Crippen molar-refractivity contribution in [1.82, 2.24) is 20.1 Å². The second-order valence-corrected chi connectivity index (χ2v) is 4.17. The van der Waals surface area contributed by atoms with Gasteiger partial charge in [0.05, 0.1) is 6.54 Å². The zero-order valence-corrected chi connectivity index (χ0v) is 10.5. The van der Waals surface area contributed by atoms with Crippen LogP contribution in [0.3, 0.4) is 0 Å². The number of hydrogen-bond acceptors (Lipinski definition) is 4. The predicted molar refractivity (Wildman–Crippen MR) is 71.5 cm³/mol. The van der Waals surface area contributed by atoms with Gasteiger partial charge in [-0.3, -0.25) is 10.3 Å². The molecule has 0 saturated carbocycles. The Morgan fingerprint density at radius 2 is 2.11 bits per heavy atom. The van der Waals surface area contributed by atoms with Gasteiger partial charge in [-0.25, -0.2) is 9.48 Å². The minimum absolute atomic E-state index is 0.271. The molecule has 7 nitrogen and oxygen atoms in total. The van der Waals surface area contributed by atoms with Gasteiger partial charge >= 0.3 is 6.03 Å². The first-order chi connectivity index (χ1) is 9.28. The summed E-state index contributed by atoms with van der Waals surface area (Å²) in [6, 6.07) is 5.50. The first-order valence-electron chi connectivity index (χ1n) is 6.02. The Hall–Kier alpha value is -2.57. The minimum atomic E-state index is -0.271. The average molecular weight is 258 g/mol. The maximum Gasteiger partial charge on any atom is 0.320 e. The number of carbonyl (C=O) groups is 1. The van der Waals surface area contributed by atoms with Crippen LogP contribution in [0.5, 0.6) is 0 Å². The summed E-state index contributed by atoms with van der Waals surface area (Å²) in [5.41, 5.74) is 1.07. The molecule has 0 spiro atoms. The molecule has 1 aliphatic heterocycles. The third kappa shape index (κ3) is 2.10. The topological polar surface area (TPSA) is 75.1 Å². The summed E-state index contributed by atoms with van der Waals surface area (Å²) in [6.45, 7) is 1.67. The second-order valence-electron chi connectivity index (χ2n) is 4.17. The fraction of sp³-hybridized carbons (Fsp3) is 0.250. The summed E-state index contributed by atoms with van der Waals surface area (Å²) in [5.74, 6) is 1.52. The molecule has 2 aromatic rings. The molecule has 0 radical (unpaired) electrons. The Labute approximate surface area is 110 Å². The lowest BCUT2D eigenvalue weighted by Crippen LogP contribution is -2.24. The molecule has 2 N–H and O–H groups in total. The number of amides is 2. The maximum atomic E-state index is 11.3. The van der Waals surface area contributed by atoms with Crippen LogP contribution in [-0.4, -0.2) is 34.4 Å². The number of urea groups is 1. The molecular weight excluding hydrogens is 244 g/mol.